The Balaban J connectivity index is 2.16. The van der Waals surface area contributed by atoms with Crippen LogP contribution in [0.4, 0.5) is 5.69 Å². The van der Waals surface area contributed by atoms with Crippen LogP contribution in [0, 0.1) is 0 Å². The molecule has 0 bridgehead atoms. The summed E-state index contributed by atoms with van der Waals surface area (Å²) in [4.78, 5) is 22.0. The Hall–Kier alpha value is -2.47. The molecule has 1 aromatic heterocycles. The molecule has 2 rings (SSSR count). The van der Waals surface area contributed by atoms with Crippen LogP contribution in [-0.2, 0) is 6.54 Å². The number of furan rings is 1. The molecular weight excluding hydrogens is 284 g/mol. The van der Waals surface area contributed by atoms with E-state index in [9.17, 15) is 9.59 Å². The van der Waals surface area contributed by atoms with Gasteiger partial charge < -0.3 is 20.6 Å². The van der Waals surface area contributed by atoms with Gasteiger partial charge in [-0.05, 0) is 24.3 Å². The number of amides is 1. The predicted octanol–water partition coefficient (Wildman–Crippen LogP) is 2.34. The van der Waals surface area contributed by atoms with Crippen LogP contribution in [0.25, 0.3) is 0 Å². The van der Waals surface area contributed by atoms with Gasteiger partial charge in [0.25, 0.3) is 5.91 Å². The molecule has 1 heterocycles. The van der Waals surface area contributed by atoms with E-state index in [1.165, 1.54) is 12.1 Å². The van der Waals surface area contributed by atoms with Gasteiger partial charge in [-0.25, -0.2) is 4.79 Å². The maximum atomic E-state index is 11.3. The Kier molecular flexibility index (Phi) is 3.95. The summed E-state index contributed by atoms with van der Waals surface area (Å²) in [5.41, 5.74) is 5.90. The number of carboxylic acids is 1. The number of halogens is 1. The normalized spacial score (nSPS) is 10.2. The molecule has 0 aliphatic carbocycles. The zero-order valence-corrected chi connectivity index (χ0v) is 11.0. The van der Waals surface area contributed by atoms with E-state index in [0.717, 1.165) is 0 Å². The number of primary amides is 1. The molecule has 2 aromatic rings. The first-order valence-corrected chi connectivity index (χ1v) is 6.01. The zero-order chi connectivity index (χ0) is 14.7. The molecule has 20 heavy (non-hydrogen) atoms. The van der Waals surface area contributed by atoms with Crippen molar-refractivity contribution in [2.45, 2.75) is 6.54 Å². The van der Waals surface area contributed by atoms with Gasteiger partial charge in [-0.1, -0.05) is 17.7 Å². The van der Waals surface area contributed by atoms with Crippen LogP contribution >= 0.6 is 11.6 Å². The van der Waals surface area contributed by atoms with E-state index in [0.29, 0.717) is 11.4 Å². The molecule has 4 N–H and O–H groups in total. The molecule has 0 saturated heterocycles. The SMILES string of the molecule is NC(=O)c1c(Cl)cccc1NCc1ccc(C(=O)O)o1. The van der Waals surface area contributed by atoms with Crippen LogP contribution in [0.15, 0.2) is 34.7 Å². The van der Waals surface area contributed by atoms with E-state index in [1.54, 1.807) is 18.2 Å². The van der Waals surface area contributed by atoms with Crippen molar-refractivity contribution < 1.29 is 19.1 Å². The molecule has 1 amide bonds. The smallest absolute Gasteiger partial charge is 0.371 e. The van der Waals surface area contributed by atoms with Crippen LogP contribution in [0.1, 0.15) is 26.7 Å². The van der Waals surface area contributed by atoms with E-state index in [2.05, 4.69) is 5.32 Å². The third-order valence-corrected chi connectivity index (χ3v) is 2.90. The van der Waals surface area contributed by atoms with Crippen molar-refractivity contribution in [2.24, 2.45) is 5.73 Å². The molecule has 0 unspecified atom stereocenters. The second-order valence-corrected chi connectivity index (χ2v) is 4.36. The van der Waals surface area contributed by atoms with Crippen molar-refractivity contribution in [3.63, 3.8) is 0 Å². The monoisotopic (exact) mass is 294 g/mol. The number of nitrogens with one attached hydrogen (secondary N) is 1. The predicted molar refractivity (Wildman–Crippen MR) is 73.0 cm³/mol. The maximum absolute atomic E-state index is 11.3. The lowest BCUT2D eigenvalue weighted by molar-refractivity contribution is 0.0660. The number of carbonyl (C=O) groups is 2. The average molecular weight is 295 g/mol. The summed E-state index contributed by atoms with van der Waals surface area (Å²) in [6.07, 6.45) is 0. The van der Waals surface area contributed by atoms with Gasteiger partial charge >= 0.3 is 5.97 Å². The summed E-state index contributed by atoms with van der Waals surface area (Å²) in [6.45, 7) is 0.202. The fourth-order valence-corrected chi connectivity index (χ4v) is 1.96. The minimum atomic E-state index is -1.14. The summed E-state index contributed by atoms with van der Waals surface area (Å²) in [5, 5.41) is 11.9. The van der Waals surface area contributed by atoms with Crippen molar-refractivity contribution in [2.75, 3.05) is 5.32 Å². The third-order valence-electron chi connectivity index (χ3n) is 2.59. The van der Waals surface area contributed by atoms with Gasteiger partial charge in [0.15, 0.2) is 0 Å². The van der Waals surface area contributed by atoms with Crippen LogP contribution in [-0.4, -0.2) is 17.0 Å². The molecule has 6 nitrogen and oxygen atoms in total. The van der Waals surface area contributed by atoms with Crippen LogP contribution in [0.3, 0.4) is 0 Å². The highest BCUT2D eigenvalue weighted by Crippen LogP contribution is 2.24. The van der Waals surface area contributed by atoms with Crippen LogP contribution in [0.2, 0.25) is 5.02 Å². The van der Waals surface area contributed by atoms with E-state index in [1.807, 2.05) is 0 Å². The minimum Gasteiger partial charge on any atom is -0.475 e. The molecule has 0 atom stereocenters. The lowest BCUT2D eigenvalue weighted by Gasteiger charge is -2.10. The van der Waals surface area contributed by atoms with Gasteiger partial charge in [0.1, 0.15) is 5.76 Å². The third kappa shape index (κ3) is 2.92. The Morgan fingerprint density at radius 2 is 2.05 bits per heavy atom. The largest absolute Gasteiger partial charge is 0.475 e. The summed E-state index contributed by atoms with van der Waals surface area (Å²) in [7, 11) is 0. The van der Waals surface area contributed by atoms with Crippen molar-refractivity contribution in [3.8, 4) is 0 Å². The summed E-state index contributed by atoms with van der Waals surface area (Å²) in [6, 6.07) is 7.76. The number of hydrogen-bond acceptors (Lipinski definition) is 4. The standard InChI is InChI=1S/C13H11ClN2O4/c14-8-2-1-3-9(11(8)12(15)17)16-6-7-4-5-10(20-7)13(18)19/h1-5,16H,6H2,(H2,15,17)(H,18,19). The van der Waals surface area contributed by atoms with Gasteiger partial charge in [0.05, 0.1) is 17.1 Å². The number of benzene rings is 1. The van der Waals surface area contributed by atoms with Gasteiger partial charge in [-0.2, -0.15) is 0 Å². The van der Waals surface area contributed by atoms with Crippen molar-refractivity contribution in [1.82, 2.24) is 0 Å². The highest BCUT2D eigenvalue weighted by molar-refractivity contribution is 6.34. The van der Waals surface area contributed by atoms with Gasteiger partial charge in [0.2, 0.25) is 5.76 Å². The Bertz CT molecular complexity index is 666. The highest BCUT2D eigenvalue weighted by atomic mass is 35.5. The molecule has 0 spiro atoms. The Labute approximate surface area is 119 Å². The first-order chi connectivity index (χ1) is 9.49. The Morgan fingerprint density at radius 3 is 2.65 bits per heavy atom. The lowest BCUT2D eigenvalue weighted by atomic mass is 10.1. The molecule has 0 fully saturated rings. The van der Waals surface area contributed by atoms with Gasteiger partial charge in [0, 0.05) is 5.69 Å². The topological polar surface area (TPSA) is 106 Å². The van der Waals surface area contributed by atoms with Crippen LogP contribution in [0.5, 0.6) is 0 Å². The number of carbonyl (C=O) groups excluding carboxylic acids is 1. The summed E-state index contributed by atoms with van der Waals surface area (Å²) >= 11 is 5.91. The Morgan fingerprint density at radius 1 is 1.30 bits per heavy atom. The molecule has 7 heteroatoms. The highest BCUT2D eigenvalue weighted by Gasteiger charge is 2.13. The lowest BCUT2D eigenvalue weighted by Crippen LogP contribution is -2.15. The molecular formula is C13H11ClN2O4. The fourth-order valence-electron chi connectivity index (χ4n) is 1.69. The zero-order valence-electron chi connectivity index (χ0n) is 10.2. The number of rotatable bonds is 5. The van der Waals surface area contributed by atoms with Gasteiger partial charge in [-0.3, -0.25) is 4.79 Å². The summed E-state index contributed by atoms with van der Waals surface area (Å²) in [5.74, 6) is -1.53. The van der Waals surface area contributed by atoms with E-state index < -0.39 is 11.9 Å². The first kappa shape index (κ1) is 14.0. The second kappa shape index (κ2) is 5.66. The molecule has 104 valence electrons. The molecule has 0 radical (unpaired) electrons. The van der Waals surface area contributed by atoms with Crippen molar-refractivity contribution >= 4 is 29.2 Å². The number of aromatic carboxylic acids is 1. The minimum absolute atomic E-state index is 0.150. The second-order valence-electron chi connectivity index (χ2n) is 3.95. The number of carboxylic acid groups (broad SMARTS) is 1. The quantitative estimate of drug-likeness (QED) is 0.785. The van der Waals surface area contributed by atoms with Crippen molar-refractivity contribution in [1.29, 1.82) is 0 Å². The molecule has 0 aliphatic rings. The fraction of sp³-hybridized carbons (Fsp3) is 0.0769. The van der Waals surface area contributed by atoms with Crippen molar-refractivity contribution in [3.05, 3.63) is 52.4 Å². The number of hydrogen-bond donors (Lipinski definition) is 3. The molecule has 1 aromatic carbocycles. The van der Waals surface area contributed by atoms with Gasteiger partial charge in [-0.15, -0.1) is 0 Å². The number of nitrogens with two attached hydrogens (primary N) is 1. The van der Waals surface area contributed by atoms with E-state index in [-0.39, 0.29) is 22.9 Å². The van der Waals surface area contributed by atoms with E-state index in [4.69, 9.17) is 26.9 Å². The first-order valence-electron chi connectivity index (χ1n) is 5.63. The maximum Gasteiger partial charge on any atom is 0.371 e. The number of anilines is 1. The van der Waals surface area contributed by atoms with E-state index >= 15 is 0 Å². The molecule has 0 aliphatic heterocycles. The molecule has 0 saturated carbocycles. The average Bonchev–Trinajstić information content (AvgIpc) is 2.84. The van der Waals surface area contributed by atoms with Crippen LogP contribution < -0.4 is 11.1 Å². The summed E-state index contributed by atoms with van der Waals surface area (Å²) < 4.78 is 5.09.